The van der Waals surface area contributed by atoms with E-state index in [1.54, 1.807) is 5.92 Å². The fraction of sp³-hybridized carbons (Fsp3) is 0.867. The molecule has 0 rings (SSSR count). The molecule has 0 fully saturated rings. The molecule has 0 aliphatic carbocycles. The summed E-state index contributed by atoms with van der Waals surface area (Å²) in [6.45, 7) is 8.34. The Balaban J connectivity index is 2.87. The predicted molar refractivity (Wildman–Crippen MR) is 70.7 cm³/mol. The molecule has 0 amide bonds. The van der Waals surface area contributed by atoms with Gasteiger partial charge in [0, 0.05) is 0 Å². The van der Waals surface area contributed by atoms with Crippen molar-refractivity contribution in [2.24, 2.45) is 0 Å². The van der Waals surface area contributed by atoms with Gasteiger partial charge in [-0.25, -0.2) is 0 Å². The lowest BCUT2D eigenvalue weighted by Crippen LogP contribution is -1.85. The maximum atomic E-state index is 3.87. The summed E-state index contributed by atoms with van der Waals surface area (Å²) >= 11 is 0. The van der Waals surface area contributed by atoms with E-state index in [1.165, 1.54) is 64.2 Å². The van der Waals surface area contributed by atoms with Crippen LogP contribution in [0.15, 0.2) is 0 Å². The highest BCUT2D eigenvalue weighted by atomic mass is 14.0. The molecule has 0 saturated carbocycles. The van der Waals surface area contributed by atoms with Crippen molar-refractivity contribution in [3.05, 3.63) is 12.8 Å². The van der Waals surface area contributed by atoms with Gasteiger partial charge < -0.3 is 0 Å². The minimum atomic E-state index is 1.12. The highest BCUT2D eigenvalue weighted by Crippen LogP contribution is 2.13. The largest absolute Gasteiger partial charge is 0.0594 e. The number of unbranched alkanes of at least 4 members (excludes halogenated alkanes) is 9. The molecule has 0 heteroatoms. The highest BCUT2D eigenvalue weighted by Gasteiger charge is 1.95. The summed E-state index contributed by atoms with van der Waals surface area (Å²) in [5, 5.41) is 0. The van der Waals surface area contributed by atoms with Gasteiger partial charge in [0.2, 0.25) is 0 Å². The summed E-state index contributed by atoms with van der Waals surface area (Å²) in [4.78, 5) is 0. The van der Waals surface area contributed by atoms with Crippen LogP contribution in [0.4, 0.5) is 0 Å². The van der Waals surface area contributed by atoms with E-state index >= 15 is 0 Å². The summed E-state index contributed by atoms with van der Waals surface area (Å²) < 4.78 is 0. The second-order valence-electron chi connectivity index (χ2n) is 4.99. The minimum Gasteiger partial charge on any atom is -0.0594 e. The molecular weight excluding hydrogens is 180 g/mol. The van der Waals surface area contributed by atoms with Crippen molar-refractivity contribution in [3.63, 3.8) is 0 Å². The monoisotopic (exact) mass is 210 g/mol. The second kappa shape index (κ2) is 12.1. The van der Waals surface area contributed by atoms with Crippen molar-refractivity contribution in [2.75, 3.05) is 0 Å². The van der Waals surface area contributed by atoms with E-state index in [2.05, 4.69) is 20.8 Å². The molecular formula is C15H30. The van der Waals surface area contributed by atoms with Crippen LogP contribution in [0.3, 0.4) is 0 Å². The van der Waals surface area contributed by atoms with Crippen molar-refractivity contribution in [1.82, 2.24) is 0 Å². The van der Waals surface area contributed by atoms with E-state index in [1.807, 2.05) is 0 Å². The zero-order valence-electron chi connectivity index (χ0n) is 11.0. The van der Waals surface area contributed by atoms with Gasteiger partial charge in [-0.3, -0.25) is 0 Å². The Labute approximate surface area is 97.8 Å². The molecule has 0 aliphatic rings. The van der Waals surface area contributed by atoms with E-state index in [4.69, 9.17) is 0 Å². The summed E-state index contributed by atoms with van der Waals surface area (Å²) in [7, 11) is 0. The van der Waals surface area contributed by atoms with Gasteiger partial charge >= 0.3 is 0 Å². The van der Waals surface area contributed by atoms with Gasteiger partial charge in [-0.05, 0) is 12.3 Å². The van der Waals surface area contributed by atoms with Crippen LogP contribution in [-0.4, -0.2) is 0 Å². The fourth-order valence-corrected chi connectivity index (χ4v) is 1.89. The summed E-state index contributed by atoms with van der Waals surface area (Å²) in [6, 6.07) is 0. The van der Waals surface area contributed by atoms with Gasteiger partial charge in [0.05, 0.1) is 0 Å². The molecule has 15 heavy (non-hydrogen) atoms. The van der Waals surface area contributed by atoms with Crippen molar-refractivity contribution in [3.8, 4) is 0 Å². The molecule has 0 bridgehead atoms. The van der Waals surface area contributed by atoms with E-state index in [9.17, 15) is 0 Å². The standard InChI is InChI=1S/C15H30/c1-4-5-6-7-8-9-10-11-12-13-14-15(2)3/h1,4-14H2,2-3H3. The van der Waals surface area contributed by atoms with E-state index in [-0.39, 0.29) is 0 Å². The Bertz CT molecular complexity index is 105. The first-order valence-electron chi connectivity index (χ1n) is 6.85. The minimum absolute atomic E-state index is 1.12. The average molecular weight is 210 g/mol. The first-order valence-corrected chi connectivity index (χ1v) is 6.85. The van der Waals surface area contributed by atoms with Crippen molar-refractivity contribution >= 4 is 0 Å². The lowest BCUT2D eigenvalue weighted by molar-refractivity contribution is 0.554. The van der Waals surface area contributed by atoms with Gasteiger partial charge in [-0.15, -0.1) is 0 Å². The van der Waals surface area contributed by atoms with Gasteiger partial charge in [-0.2, -0.15) is 0 Å². The lowest BCUT2D eigenvalue weighted by Gasteiger charge is -2.04. The molecule has 0 heterocycles. The van der Waals surface area contributed by atoms with Crippen LogP contribution in [0.5, 0.6) is 0 Å². The van der Waals surface area contributed by atoms with Crippen LogP contribution in [-0.2, 0) is 0 Å². The number of hydrogen-bond acceptors (Lipinski definition) is 0. The van der Waals surface area contributed by atoms with Crippen LogP contribution < -0.4 is 0 Å². The zero-order valence-corrected chi connectivity index (χ0v) is 11.0. The SMILES string of the molecule is [CH2]CCCCCCCCCCC[C](C)C. The lowest BCUT2D eigenvalue weighted by atomic mass is 10.0. The van der Waals surface area contributed by atoms with Crippen molar-refractivity contribution < 1.29 is 0 Å². The van der Waals surface area contributed by atoms with Crippen LogP contribution in [0.2, 0.25) is 0 Å². The topological polar surface area (TPSA) is 0 Å². The summed E-state index contributed by atoms with van der Waals surface area (Å²) in [5.41, 5.74) is 0. The Morgan fingerprint density at radius 1 is 0.667 bits per heavy atom. The molecule has 0 aromatic heterocycles. The van der Waals surface area contributed by atoms with Crippen LogP contribution >= 0.6 is 0 Å². The van der Waals surface area contributed by atoms with Crippen molar-refractivity contribution in [2.45, 2.75) is 84.5 Å². The molecule has 0 spiro atoms. The van der Waals surface area contributed by atoms with Crippen LogP contribution in [0.1, 0.15) is 84.5 Å². The molecule has 0 N–H and O–H groups in total. The number of hydrogen-bond donors (Lipinski definition) is 0. The summed E-state index contributed by atoms with van der Waals surface area (Å²) in [6.07, 6.45) is 15.2. The van der Waals surface area contributed by atoms with Gasteiger partial charge in [0.1, 0.15) is 0 Å². The zero-order chi connectivity index (χ0) is 11.4. The molecule has 0 nitrogen and oxygen atoms in total. The molecule has 90 valence electrons. The quantitative estimate of drug-likeness (QED) is 0.382. The Hall–Kier alpha value is 0. The van der Waals surface area contributed by atoms with Crippen LogP contribution in [0.25, 0.3) is 0 Å². The first-order chi connectivity index (χ1) is 7.27. The highest BCUT2D eigenvalue weighted by molar-refractivity contribution is 4.75. The van der Waals surface area contributed by atoms with Crippen molar-refractivity contribution in [1.29, 1.82) is 0 Å². The summed E-state index contributed by atoms with van der Waals surface area (Å²) in [5.74, 6) is 1.59. The van der Waals surface area contributed by atoms with Crippen LogP contribution in [0, 0.1) is 12.8 Å². The van der Waals surface area contributed by atoms with Gasteiger partial charge in [0.15, 0.2) is 0 Å². The molecule has 0 aromatic carbocycles. The van der Waals surface area contributed by atoms with E-state index < -0.39 is 0 Å². The maximum absolute atomic E-state index is 3.87. The first kappa shape index (κ1) is 15.0. The third-order valence-electron chi connectivity index (χ3n) is 2.93. The van der Waals surface area contributed by atoms with Gasteiger partial charge in [-0.1, -0.05) is 85.0 Å². The normalized spacial score (nSPS) is 11.2. The molecule has 0 aromatic rings. The molecule has 0 aliphatic heterocycles. The molecule has 0 saturated heterocycles. The van der Waals surface area contributed by atoms with E-state index in [0.29, 0.717) is 0 Å². The predicted octanol–water partition coefficient (Wildman–Crippen LogP) is 5.73. The fourth-order valence-electron chi connectivity index (χ4n) is 1.89. The maximum Gasteiger partial charge on any atom is -0.0303 e. The van der Waals surface area contributed by atoms with Gasteiger partial charge in [0.25, 0.3) is 0 Å². The number of rotatable bonds is 11. The molecule has 0 unspecified atom stereocenters. The Morgan fingerprint density at radius 3 is 1.47 bits per heavy atom. The Morgan fingerprint density at radius 2 is 1.07 bits per heavy atom. The third kappa shape index (κ3) is 14.0. The molecule has 0 atom stereocenters. The smallest absolute Gasteiger partial charge is 0.0303 e. The average Bonchev–Trinajstić information content (AvgIpc) is 2.20. The second-order valence-corrected chi connectivity index (χ2v) is 4.99. The molecule has 2 radical (unpaired) electrons. The third-order valence-corrected chi connectivity index (χ3v) is 2.93. The van der Waals surface area contributed by atoms with E-state index in [0.717, 1.165) is 6.42 Å². The Kier molecular flexibility index (Phi) is 12.1.